The molecule has 0 aromatic carbocycles. The van der Waals surface area contributed by atoms with Crippen LogP contribution in [0.4, 0.5) is 0 Å². The number of aliphatic hydroxyl groups excluding tert-OH is 2. The van der Waals surface area contributed by atoms with Crippen LogP contribution in [0.25, 0.3) is 0 Å². The molecule has 2 atom stereocenters. The summed E-state index contributed by atoms with van der Waals surface area (Å²) in [6, 6.07) is -0.539. The number of ether oxygens (including phenoxy) is 1. The third kappa shape index (κ3) is 65.7. The van der Waals surface area contributed by atoms with Crippen LogP contribution in [0, 0.1) is 0 Å². The molecule has 0 heterocycles. The largest absolute Gasteiger partial charge is 0.466 e. The Bertz CT molecular complexity index is 1210. The molecule has 0 aromatic heterocycles. The number of hydrogen-bond acceptors (Lipinski definition) is 5. The van der Waals surface area contributed by atoms with Crippen LogP contribution in [-0.4, -0.2) is 47.4 Å². The van der Waals surface area contributed by atoms with Gasteiger partial charge in [-0.15, -0.1) is 0 Å². The van der Waals surface area contributed by atoms with Crippen LogP contribution >= 0.6 is 0 Å². The maximum atomic E-state index is 12.5. The quantitative estimate of drug-likeness (QED) is 0.0320. The lowest BCUT2D eigenvalue weighted by Gasteiger charge is -2.22. The highest BCUT2D eigenvalue weighted by atomic mass is 16.5. The van der Waals surface area contributed by atoms with Gasteiger partial charge in [0.15, 0.2) is 0 Å². The van der Waals surface area contributed by atoms with Crippen LogP contribution in [0.1, 0.15) is 425 Å². The summed E-state index contributed by atoms with van der Waals surface area (Å²) in [6.45, 7) is 5.00. The maximum absolute atomic E-state index is 12.5. The standard InChI is InChI=1S/C74H145NO5/c1-3-5-7-9-11-13-15-17-19-20-33-37-40-44-48-52-56-60-64-68-74(79)80-69-65-61-57-53-49-45-41-38-35-32-30-28-26-24-22-21-23-25-27-29-31-34-36-39-43-47-51-55-59-63-67-73(78)75-71(70-76)72(77)66-62-58-54-50-46-42-18-16-14-12-10-8-6-4-2/h22,24,71-72,76-77H,3-21,23,25-70H2,1-2H3,(H,75,78)/b24-22-. The first-order chi connectivity index (χ1) is 39.5. The van der Waals surface area contributed by atoms with E-state index in [4.69, 9.17) is 4.74 Å². The van der Waals surface area contributed by atoms with Crippen molar-refractivity contribution < 1.29 is 24.5 Å². The van der Waals surface area contributed by atoms with E-state index >= 15 is 0 Å². The highest BCUT2D eigenvalue weighted by molar-refractivity contribution is 5.76. The van der Waals surface area contributed by atoms with Crippen molar-refractivity contribution in [1.29, 1.82) is 0 Å². The molecule has 2 unspecified atom stereocenters. The number of carbonyl (C=O) groups is 2. The molecule has 0 fully saturated rings. The van der Waals surface area contributed by atoms with Gasteiger partial charge >= 0.3 is 5.97 Å². The normalized spacial score (nSPS) is 12.5. The van der Waals surface area contributed by atoms with E-state index in [2.05, 4.69) is 31.3 Å². The predicted molar refractivity (Wildman–Crippen MR) is 352 cm³/mol. The van der Waals surface area contributed by atoms with Gasteiger partial charge in [-0.2, -0.15) is 0 Å². The van der Waals surface area contributed by atoms with Crippen molar-refractivity contribution in [2.45, 2.75) is 437 Å². The molecule has 0 aliphatic carbocycles. The summed E-state index contributed by atoms with van der Waals surface area (Å²) in [5, 5.41) is 23.3. The highest BCUT2D eigenvalue weighted by Gasteiger charge is 2.20. The van der Waals surface area contributed by atoms with Gasteiger partial charge in [-0.1, -0.05) is 373 Å². The van der Waals surface area contributed by atoms with Gasteiger partial charge in [0, 0.05) is 12.8 Å². The van der Waals surface area contributed by atoms with Gasteiger partial charge in [0.2, 0.25) is 5.91 Å². The third-order valence-electron chi connectivity index (χ3n) is 17.6. The molecule has 3 N–H and O–H groups in total. The van der Waals surface area contributed by atoms with Crippen molar-refractivity contribution in [1.82, 2.24) is 5.32 Å². The lowest BCUT2D eigenvalue weighted by atomic mass is 10.0. The van der Waals surface area contributed by atoms with Gasteiger partial charge in [-0.3, -0.25) is 9.59 Å². The van der Waals surface area contributed by atoms with Crippen LogP contribution in [0.2, 0.25) is 0 Å². The Hall–Kier alpha value is -1.40. The fourth-order valence-corrected chi connectivity index (χ4v) is 11.9. The monoisotopic (exact) mass is 1130 g/mol. The molecule has 6 heteroatoms. The molecule has 0 rings (SSSR count). The molecule has 0 bridgehead atoms. The van der Waals surface area contributed by atoms with Gasteiger partial charge in [-0.05, 0) is 51.4 Å². The van der Waals surface area contributed by atoms with Gasteiger partial charge in [-0.25, -0.2) is 0 Å². The lowest BCUT2D eigenvalue weighted by molar-refractivity contribution is -0.143. The summed E-state index contributed by atoms with van der Waals surface area (Å²) in [6.07, 6.45) is 87.1. The van der Waals surface area contributed by atoms with E-state index in [9.17, 15) is 19.8 Å². The second kappa shape index (κ2) is 70.1. The van der Waals surface area contributed by atoms with Crippen LogP contribution in [0.3, 0.4) is 0 Å². The van der Waals surface area contributed by atoms with Crippen molar-refractivity contribution in [3.8, 4) is 0 Å². The number of nitrogens with one attached hydrogen (secondary N) is 1. The Kier molecular flexibility index (Phi) is 68.9. The van der Waals surface area contributed by atoms with Gasteiger partial charge in [0.1, 0.15) is 0 Å². The average Bonchev–Trinajstić information content (AvgIpc) is 3.46. The minimum atomic E-state index is -0.662. The molecule has 0 spiro atoms. The molecule has 0 radical (unpaired) electrons. The minimum Gasteiger partial charge on any atom is -0.466 e. The van der Waals surface area contributed by atoms with Gasteiger partial charge in [0.05, 0.1) is 25.4 Å². The van der Waals surface area contributed by atoms with E-state index in [-0.39, 0.29) is 18.5 Å². The van der Waals surface area contributed by atoms with Gasteiger partial charge < -0.3 is 20.3 Å². The second-order valence-corrected chi connectivity index (χ2v) is 25.6. The molecule has 0 aromatic rings. The zero-order valence-corrected chi connectivity index (χ0v) is 54.6. The molecular weight excluding hydrogens is 983 g/mol. The topological polar surface area (TPSA) is 95.9 Å². The zero-order chi connectivity index (χ0) is 57.8. The molecule has 0 saturated heterocycles. The summed E-state index contributed by atoms with van der Waals surface area (Å²) < 4.78 is 5.52. The first-order valence-electron chi connectivity index (χ1n) is 36.9. The summed E-state index contributed by atoms with van der Waals surface area (Å²) >= 11 is 0. The van der Waals surface area contributed by atoms with Crippen LogP contribution in [0.5, 0.6) is 0 Å². The number of hydrogen-bond donors (Lipinski definition) is 3. The molecule has 0 saturated carbocycles. The van der Waals surface area contributed by atoms with E-state index in [0.717, 1.165) is 38.5 Å². The van der Waals surface area contributed by atoms with E-state index in [1.165, 1.54) is 353 Å². The zero-order valence-electron chi connectivity index (χ0n) is 54.6. The molecule has 0 aliphatic rings. The van der Waals surface area contributed by atoms with Crippen LogP contribution < -0.4 is 5.32 Å². The Morgan fingerprint density at radius 1 is 0.338 bits per heavy atom. The highest BCUT2D eigenvalue weighted by Crippen LogP contribution is 2.19. The van der Waals surface area contributed by atoms with Crippen molar-refractivity contribution in [2.75, 3.05) is 13.2 Å². The average molecular weight is 1130 g/mol. The summed E-state index contributed by atoms with van der Waals surface area (Å²) in [5.41, 5.74) is 0. The van der Waals surface area contributed by atoms with Crippen molar-refractivity contribution in [2.24, 2.45) is 0 Å². The van der Waals surface area contributed by atoms with E-state index in [1.54, 1.807) is 0 Å². The number of carbonyl (C=O) groups excluding carboxylic acids is 2. The predicted octanol–water partition coefficient (Wildman–Crippen LogP) is 23.9. The number of rotatable bonds is 70. The second-order valence-electron chi connectivity index (χ2n) is 25.6. The number of esters is 1. The number of allylic oxidation sites excluding steroid dienone is 2. The first-order valence-corrected chi connectivity index (χ1v) is 36.9. The Labute approximate surface area is 501 Å². The molecule has 0 aliphatic heterocycles. The fourth-order valence-electron chi connectivity index (χ4n) is 11.9. The van der Waals surface area contributed by atoms with Crippen molar-refractivity contribution >= 4 is 11.9 Å². The number of aliphatic hydroxyl groups is 2. The van der Waals surface area contributed by atoms with E-state index in [0.29, 0.717) is 25.9 Å². The lowest BCUT2D eigenvalue weighted by Crippen LogP contribution is -2.45. The molecular formula is C74H145NO5. The summed E-state index contributed by atoms with van der Waals surface area (Å²) in [4.78, 5) is 24.6. The number of unbranched alkanes of at least 4 members (excludes halogenated alkanes) is 57. The fraction of sp³-hybridized carbons (Fsp3) is 0.946. The maximum Gasteiger partial charge on any atom is 0.305 e. The van der Waals surface area contributed by atoms with Crippen molar-refractivity contribution in [3.05, 3.63) is 12.2 Å². The molecule has 80 heavy (non-hydrogen) atoms. The number of amides is 1. The molecule has 1 amide bonds. The SMILES string of the molecule is CCCCCCCCCCCCCCCCCCCCCC(=O)OCCCCCCCCCCCCCC/C=C\CCCCCCCCCCCCCCCCC(=O)NC(CO)C(O)CCCCCCCCCCCCCCCC. The molecule has 476 valence electrons. The van der Waals surface area contributed by atoms with Crippen molar-refractivity contribution in [3.63, 3.8) is 0 Å². The Morgan fingerprint density at radius 2 is 0.588 bits per heavy atom. The smallest absolute Gasteiger partial charge is 0.305 e. The van der Waals surface area contributed by atoms with Crippen LogP contribution in [-0.2, 0) is 14.3 Å². The van der Waals surface area contributed by atoms with E-state index < -0.39 is 12.1 Å². The van der Waals surface area contributed by atoms with E-state index in [1.807, 2.05) is 0 Å². The van der Waals surface area contributed by atoms with Crippen LogP contribution in [0.15, 0.2) is 12.2 Å². The Balaban J connectivity index is 3.33. The third-order valence-corrected chi connectivity index (χ3v) is 17.6. The van der Waals surface area contributed by atoms with Gasteiger partial charge in [0.25, 0.3) is 0 Å². The molecule has 6 nitrogen and oxygen atoms in total. The summed E-state index contributed by atoms with van der Waals surface area (Å²) in [5.74, 6) is -0.00740. The summed E-state index contributed by atoms with van der Waals surface area (Å²) in [7, 11) is 0. The Morgan fingerprint density at radius 3 is 0.887 bits per heavy atom. The minimum absolute atomic E-state index is 0.0230. The first kappa shape index (κ1) is 78.6.